The number of carbonyl (C=O) groups is 1. The molecule has 36 heavy (non-hydrogen) atoms. The number of esters is 1. The maximum atomic E-state index is 11.5. The summed E-state index contributed by atoms with van der Waals surface area (Å²) in [6, 6.07) is 0. The van der Waals surface area contributed by atoms with Gasteiger partial charge < -0.3 is 38.0 Å². The summed E-state index contributed by atoms with van der Waals surface area (Å²) >= 11 is 0. The van der Waals surface area contributed by atoms with Crippen molar-refractivity contribution in [2.75, 3.05) is 39.6 Å². The molecule has 0 unspecified atom stereocenters. The van der Waals surface area contributed by atoms with E-state index in [1.54, 1.807) is 0 Å². The Labute approximate surface area is 233 Å². The first-order valence-electron chi connectivity index (χ1n) is 13.6. The van der Waals surface area contributed by atoms with Crippen LogP contribution in [-0.2, 0) is 40.3 Å². The van der Waals surface area contributed by atoms with Gasteiger partial charge >= 0.3 is 22.5 Å². The van der Waals surface area contributed by atoms with Crippen LogP contribution in [0.4, 0.5) is 0 Å². The summed E-state index contributed by atoms with van der Waals surface area (Å²) in [5, 5.41) is 8.51. The van der Waals surface area contributed by atoms with E-state index < -0.39 is 0 Å². The average Bonchev–Trinajstić information content (AvgIpc) is 2.85. The van der Waals surface area contributed by atoms with Crippen molar-refractivity contribution < 1.29 is 45.4 Å². The molecule has 0 atom stereocenters. The Morgan fingerprint density at radius 1 is 0.806 bits per heavy atom. The van der Waals surface area contributed by atoms with E-state index in [4.69, 9.17) is 19.3 Å². The zero-order valence-electron chi connectivity index (χ0n) is 23.2. The molecule has 0 fully saturated rings. The van der Waals surface area contributed by atoms with Gasteiger partial charge in [-0.1, -0.05) is 70.9 Å². The molecule has 0 aromatic heterocycles. The largest absolute Gasteiger partial charge is 3.00 e. The predicted octanol–water partition coefficient (Wildman–Crippen LogP) is 6.75. The first-order valence-corrected chi connectivity index (χ1v) is 13.6. The van der Waals surface area contributed by atoms with Gasteiger partial charge in [0.15, 0.2) is 0 Å². The number of hydrogen-bond acceptors (Lipinski definition) is 6. The number of unbranched alkanes of at least 4 members (excludes halogenated alkanes) is 10. The number of rotatable bonds is 23. The first-order chi connectivity index (χ1) is 17.1. The van der Waals surface area contributed by atoms with Crippen molar-refractivity contribution in [3.05, 3.63) is 26.0 Å². The Morgan fingerprint density at radius 2 is 1.36 bits per heavy atom. The number of aliphatic hydroxyl groups is 1. The SMILES string of the molecule is CCCCCC[C-]=O.[CH2-]CC.[CH2-]CCC/C=C\CCCCCCC(=O)OCCOCCOCCO.[Ni+3]. The Hall–Kier alpha value is -0.746. The molecule has 0 saturated carbocycles. The van der Waals surface area contributed by atoms with Gasteiger partial charge in [-0.3, -0.25) is 11.1 Å². The fourth-order valence-electron chi connectivity index (χ4n) is 2.68. The molecule has 7 heteroatoms. The van der Waals surface area contributed by atoms with E-state index in [9.17, 15) is 9.59 Å². The van der Waals surface area contributed by atoms with Crippen LogP contribution in [-0.4, -0.2) is 57.0 Å². The van der Waals surface area contributed by atoms with Crippen molar-refractivity contribution in [2.24, 2.45) is 0 Å². The molecule has 0 aliphatic carbocycles. The molecular weight excluding hydrogens is 503 g/mol. The third-order valence-electron chi connectivity index (χ3n) is 4.52. The second-order valence-corrected chi connectivity index (χ2v) is 8.04. The summed E-state index contributed by atoms with van der Waals surface area (Å²) < 4.78 is 15.4. The number of aliphatic hydroxyl groups excluding tert-OH is 1. The molecule has 0 aromatic rings. The maximum absolute atomic E-state index is 11.5. The standard InChI is InChI=1S/C19H35O5.C7H13O.C3H7.Ni/c1-2-3-4-5-6-7-8-9-10-11-12-19(21)24-18-17-23-16-15-22-14-13-20;1-2-3-4-5-6-7-8;1-3-2;/h5-6,20H,1-4,7-18H2;2-6H2,1H3;1,3H2,2H3;/q3*-1;+3/b6-5-;;;. The molecular formula is C29H55NiO6. The van der Waals surface area contributed by atoms with Gasteiger partial charge in [0.2, 0.25) is 0 Å². The van der Waals surface area contributed by atoms with E-state index in [0.29, 0.717) is 39.3 Å². The maximum Gasteiger partial charge on any atom is 3.00 e. The van der Waals surface area contributed by atoms with E-state index in [1.807, 2.05) is 13.2 Å². The van der Waals surface area contributed by atoms with Gasteiger partial charge in [0, 0.05) is 6.42 Å². The van der Waals surface area contributed by atoms with Crippen molar-refractivity contribution in [2.45, 2.75) is 110 Å². The number of carbonyl (C=O) groups excluding carboxylic acids is 2. The molecule has 0 rings (SSSR count). The van der Waals surface area contributed by atoms with Gasteiger partial charge in [0.1, 0.15) is 6.61 Å². The monoisotopic (exact) mass is 557 g/mol. The second-order valence-electron chi connectivity index (χ2n) is 8.04. The molecule has 0 amide bonds. The molecule has 0 saturated heterocycles. The summed E-state index contributed by atoms with van der Waals surface area (Å²) in [6.07, 6.45) is 21.9. The molecule has 1 N–H and O–H groups in total. The Kier molecular flexibility index (Phi) is 52.1. The average molecular weight is 558 g/mol. The molecule has 0 aromatic carbocycles. The number of allylic oxidation sites excluding steroid dienone is 2. The van der Waals surface area contributed by atoms with Crippen LogP contribution < -0.4 is 0 Å². The van der Waals surface area contributed by atoms with Gasteiger partial charge in [-0.15, -0.1) is 0 Å². The van der Waals surface area contributed by atoms with Crippen LogP contribution in [0.15, 0.2) is 12.2 Å². The fraction of sp³-hybridized carbons (Fsp3) is 0.793. The number of ether oxygens (including phenoxy) is 3. The molecule has 0 aliphatic rings. The van der Waals surface area contributed by atoms with Crippen LogP contribution in [0.5, 0.6) is 0 Å². The molecule has 0 aliphatic heterocycles. The minimum Gasteiger partial charge on any atom is -0.542 e. The topological polar surface area (TPSA) is 82.1 Å². The third kappa shape index (κ3) is 50.2. The molecule has 0 bridgehead atoms. The predicted molar refractivity (Wildman–Crippen MR) is 146 cm³/mol. The zero-order chi connectivity index (χ0) is 26.7. The van der Waals surface area contributed by atoms with Gasteiger partial charge in [-0.05, 0) is 25.7 Å². The summed E-state index contributed by atoms with van der Waals surface area (Å²) in [7, 11) is 0. The second kappa shape index (κ2) is 44.3. The van der Waals surface area contributed by atoms with E-state index >= 15 is 0 Å². The summed E-state index contributed by atoms with van der Waals surface area (Å²) in [6.45, 7) is 13.4. The summed E-state index contributed by atoms with van der Waals surface area (Å²) in [5.74, 6) is -0.150. The van der Waals surface area contributed by atoms with Gasteiger partial charge in [0.05, 0.1) is 33.0 Å². The molecule has 6 nitrogen and oxygen atoms in total. The third-order valence-corrected chi connectivity index (χ3v) is 4.52. The van der Waals surface area contributed by atoms with Crippen molar-refractivity contribution in [1.29, 1.82) is 0 Å². The molecule has 1 radical (unpaired) electrons. The van der Waals surface area contributed by atoms with Gasteiger partial charge in [-0.25, -0.2) is 0 Å². The van der Waals surface area contributed by atoms with E-state index in [-0.39, 0.29) is 35.7 Å². The summed E-state index contributed by atoms with van der Waals surface area (Å²) in [5.41, 5.74) is 0. The van der Waals surface area contributed by atoms with Crippen molar-refractivity contribution in [1.82, 2.24) is 0 Å². The quantitative estimate of drug-likeness (QED) is 0.0491. The van der Waals surface area contributed by atoms with Crippen LogP contribution in [0.1, 0.15) is 110 Å². The zero-order valence-corrected chi connectivity index (χ0v) is 24.2. The van der Waals surface area contributed by atoms with E-state index in [2.05, 4.69) is 32.9 Å². The van der Waals surface area contributed by atoms with E-state index in [0.717, 1.165) is 51.4 Å². The Morgan fingerprint density at radius 3 is 1.94 bits per heavy atom. The smallest absolute Gasteiger partial charge is 0.542 e. The number of hydrogen-bond donors (Lipinski definition) is 1. The fourth-order valence-corrected chi connectivity index (χ4v) is 2.68. The molecule has 217 valence electrons. The van der Waals surface area contributed by atoms with Crippen LogP contribution >= 0.6 is 0 Å². The van der Waals surface area contributed by atoms with Crippen LogP contribution in [0.3, 0.4) is 0 Å². The van der Waals surface area contributed by atoms with Crippen molar-refractivity contribution in [3.8, 4) is 0 Å². The summed E-state index contributed by atoms with van der Waals surface area (Å²) in [4.78, 5) is 21.1. The van der Waals surface area contributed by atoms with Crippen LogP contribution in [0.25, 0.3) is 0 Å². The van der Waals surface area contributed by atoms with Gasteiger partial charge in [0.25, 0.3) is 0 Å². The molecule has 0 spiro atoms. The first kappa shape index (κ1) is 42.3. The normalized spacial score (nSPS) is 10.0. The minimum atomic E-state index is -0.150. The Balaban J connectivity index is -0.000000356. The molecule has 0 heterocycles. The van der Waals surface area contributed by atoms with Crippen LogP contribution in [0, 0.1) is 13.8 Å². The van der Waals surface area contributed by atoms with Crippen LogP contribution in [0.2, 0.25) is 0 Å². The minimum absolute atomic E-state index is 0. The van der Waals surface area contributed by atoms with Gasteiger partial charge in [-0.2, -0.15) is 19.3 Å². The Bertz CT molecular complexity index is 419. The van der Waals surface area contributed by atoms with E-state index in [1.165, 1.54) is 32.1 Å². The van der Waals surface area contributed by atoms with Crippen molar-refractivity contribution in [3.63, 3.8) is 0 Å². The van der Waals surface area contributed by atoms with Crippen molar-refractivity contribution >= 4 is 12.3 Å².